The molecular formula is C32H29N3O6. The molecule has 9 heteroatoms. The first-order valence-corrected chi connectivity index (χ1v) is 13.4. The summed E-state index contributed by atoms with van der Waals surface area (Å²) in [5.41, 5.74) is 4.97. The topological polar surface area (TPSA) is 114 Å². The number of aromatic nitrogens is 1. The van der Waals surface area contributed by atoms with Crippen molar-refractivity contribution in [1.82, 2.24) is 15.2 Å². The molecule has 0 bridgehead atoms. The Labute approximate surface area is 236 Å². The quantitative estimate of drug-likeness (QED) is 0.279. The van der Waals surface area contributed by atoms with E-state index in [9.17, 15) is 14.4 Å². The van der Waals surface area contributed by atoms with Gasteiger partial charge in [-0.2, -0.15) is 0 Å². The second kappa shape index (κ2) is 10.8. The van der Waals surface area contributed by atoms with Crippen molar-refractivity contribution >= 4 is 39.8 Å². The van der Waals surface area contributed by atoms with E-state index in [1.165, 1.54) is 12.0 Å². The number of nitrogens with one attached hydrogen (secondary N) is 2. The van der Waals surface area contributed by atoms with Crippen LogP contribution in [0.25, 0.3) is 21.9 Å². The number of furan rings is 1. The van der Waals surface area contributed by atoms with Crippen LogP contribution in [0.5, 0.6) is 0 Å². The number of ether oxygens (including phenoxy) is 2. The Morgan fingerprint density at radius 1 is 1.05 bits per heavy atom. The largest absolute Gasteiger partial charge is 0.467 e. The van der Waals surface area contributed by atoms with Crippen molar-refractivity contribution in [1.29, 1.82) is 0 Å². The van der Waals surface area contributed by atoms with Gasteiger partial charge < -0.3 is 29.1 Å². The van der Waals surface area contributed by atoms with Crippen LogP contribution in [0.15, 0.2) is 89.5 Å². The number of fused-ring (bicyclic) bond motifs is 4. The van der Waals surface area contributed by atoms with Crippen molar-refractivity contribution in [2.75, 3.05) is 7.11 Å². The van der Waals surface area contributed by atoms with Crippen molar-refractivity contribution in [2.24, 2.45) is 0 Å². The van der Waals surface area contributed by atoms with Crippen LogP contribution < -0.4 is 5.32 Å². The molecule has 5 aromatic rings. The Hall–Kier alpha value is -5.05. The number of methoxy groups -OCH3 is 1. The first-order valence-electron chi connectivity index (χ1n) is 13.4. The lowest BCUT2D eigenvalue weighted by atomic mass is 9.87. The lowest BCUT2D eigenvalue weighted by Crippen LogP contribution is -2.57. The number of aromatic amines is 1. The molecule has 0 fully saturated rings. The zero-order valence-corrected chi connectivity index (χ0v) is 22.6. The molecule has 3 atom stereocenters. The Morgan fingerprint density at radius 3 is 2.63 bits per heavy atom. The number of para-hydroxylation sites is 1. The normalized spacial score (nSPS) is 17.2. The number of rotatable bonds is 6. The summed E-state index contributed by atoms with van der Waals surface area (Å²) in [6, 6.07) is 22.1. The SMILES string of the molecule is COC(=O)[C@H]1Cc2c([nH]c3ccccc23)[C@@H](c2ccc3occc3c2)N1C(=O)[C@H](C)NC(=O)OCc1ccccc1. The number of amides is 2. The standard InChI is InChI=1S/C32H29N3O6/c1-19(33-32(38)41-18-20-8-4-3-5-9-20)30(36)35-26(31(37)39-2)17-24-23-10-6-7-11-25(23)34-28(24)29(35)22-12-13-27-21(16-22)14-15-40-27/h3-16,19,26,29,34H,17-18H2,1-2H3,(H,33,38)/t19-,26+,29+/m0/s1. The summed E-state index contributed by atoms with van der Waals surface area (Å²) in [5, 5.41) is 4.49. The number of nitrogens with zero attached hydrogens (tertiary/aromatic N) is 1. The monoisotopic (exact) mass is 551 g/mol. The number of esters is 1. The van der Waals surface area contributed by atoms with Gasteiger partial charge in [0.15, 0.2) is 0 Å². The molecule has 3 aromatic carbocycles. The second-order valence-electron chi connectivity index (χ2n) is 10.1. The molecular weight excluding hydrogens is 522 g/mol. The third-order valence-electron chi connectivity index (χ3n) is 7.57. The van der Waals surface area contributed by atoms with Gasteiger partial charge in [0.05, 0.1) is 19.4 Å². The Morgan fingerprint density at radius 2 is 1.83 bits per heavy atom. The van der Waals surface area contributed by atoms with E-state index in [1.807, 2.05) is 78.9 Å². The molecule has 1 aliphatic heterocycles. The maximum atomic E-state index is 14.2. The minimum atomic E-state index is -0.989. The lowest BCUT2D eigenvalue weighted by molar-refractivity contribution is -0.155. The third-order valence-corrected chi connectivity index (χ3v) is 7.57. The summed E-state index contributed by atoms with van der Waals surface area (Å²) in [5.74, 6) is -0.985. The molecule has 0 unspecified atom stereocenters. The number of hydrogen-bond donors (Lipinski definition) is 2. The molecule has 0 saturated carbocycles. The van der Waals surface area contributed by atoms with Crippen LogP contribution in [-0.2, 0) is 32.1 Å². The fraction of sp³-hybridized carbons (Fsp3) is 0.219. The second-order valence-corrected chi connectivity index (χ2v) is 10.1. The smallest absolute Gasteiger partial charge is 0.408 e. The molecule has 1 aliphatic rings. The number of H-pyrrole nitrogens is 1. The maximum Gasteiger partial charge on any atom is 0.408 e. The Kier molecular flexibility index (Phi) is 6.93. The van der Waals surface area contributed by atoms with Crippen molar-refractivity contribution in [3.05, 3.63) is 108 Å². The van der Waals surface area contributed by atoms with E-state index in [-0.39, 0.29) is 13.0 Å². The molecule has 2 aromatic heterocycles. The lowest BCUT2D eigenvalue weighted by Gasteiger charge is -2.42. The number of benzene rings is 3. The van der Waals surface area contributed by atoms with Crippen molar-refractivity contribution in [3.63, 3.8) is 0 Å². The van der Waals surface area contributed by atoms with E-state index in [0.717, 1.165) is 38.7 Å². The molecule has 0 aliphatic carbocycles. The summed E-state index contributed by atoms with van der Waals surface area (Å²) in [7, 11) is 1.31. The van der Waals surface area contributed by atoms with Crippen molar-refractivity contribution < 1.29 is 28.3 Å². The predicted octanol–water partition coefficient (Wildman–Crippen LogP) is 5.24. The third kappa shape index (κ3) is 4.91. The molecule has 0 saturated heterocycles. The van der Waals surface area contributed by atoms with Crippen LogP contribution in [0.4, 0.5) is 4.79 Å². The highest BCUT2D eigenvalue weighted by atomic mass is 16.5. The van der Waals surface area contributed by atoms with E-state index in [1.54, 1.807) is 13.2 Å². The summed E-state index contributed by atoms with van der Waals surface area (Å²) in [4.78, 5) is 45.1. The van der Waals surface area contributed by atoms with Crippen molar-refractivity contribution in [3.8, 4) is 0 Å². The average Bonchev–Trinajstić information content (AvgIpc) is 3.63. The van der Waals surface area contributed by atoms with Gasteiger partial charge in [0.2, 0.25) is 5.91 Å². The summed E-state index contributed by atoms with van der Waals surface area (Å²) < 4.78 is 16.1. The van der Waals surface area contributed by atoms with Crippen LogP contribution in [0.2, 0.25) is 0 Å². The van der Waals surface area contributed by atoms with Gasteiger partial charge in [0.25, 0.3) is 0 Å². The summed E-state index contributed by atoms with van der Waals surface area (Å²) >= 11 is 0. The van der Waals surface area contributed by atoms with Gasteiger partial charge in [-0.05, 0) is 47.9 Å². The molecule has 0 radical (unpaired) electrons. The van der Waals surface area contributed by atoms with Gasteiger partial charge in [0, 0.05) is 28.4 Å². The van der Waals surface area contributed by atoms with Gasteiger partial charge in [-0.1, -0.05) is 54.6 Å². The Bertz CT molecular complexity index is 1740. The molecule has 9 nitrogen and oxygen atoms in total. The van der Waals surface area contributed by atoms with E-state index < -0.39 is 36.1 Å². The van der Waals surface area contributed by atoms with Gasteiger partial charge in [-0.25, -0.2) is 9.59 Å². The first-order chi connectivity index (χ1) is 19.9. The van der Waals surface area contributed by atoms with Crippen molar-refractivity contribution in [2.45, 2.75) is 38.1 Å². The fourth-order valence-electron chi connectivity index (χ4n) is 5.61. The van der Waals surface area contributed by atoms with E-state index >= 15 is 0 Å². The van der Waals surface area contributed by atoms with Gasteiger partial charge in [0.1, 0.15) is 24.3 Å². The van der Waals surface area contributed by atoms with Crippen LogP contribution in [0.1, 0.15) is 35.3 Å². The molecule has 208 valence electrons. The number of hydrogen-bond acceptors (Lipinski definition) is 6. The fourth-order valence-corrected chi connectivity index (χ4v) is 5.61. The molecule has 6 rings (SSSR count). The molecule has 41 heavy (non-hydrogen) atoms. The summed E-state index contributed by atoms with van der Waals surface area (Å²) in [6.45, 7) is 1.64. The number of carbonyl (C=O) groups is 3. The highest BCUT2D eigenvalue weighted by Crippen LogP contribution is 2.42. The molecule has 3 heterocycles. The average molecular weight is 552 g/mol. The van der Waals surface area contributed by atoms with Crippen LogP contribution in [0.3, 0.4) is 0 Å². The van der Waals surface area contributed by atoms with E-state index in [2.05, 4.69) is 10.3 Å². The highest BCUT2D eigenvalue weighted by molar-refractivity contribution is 5.93. The van der Waals surface area contributed by atoms with Crippen LogP contribution in [0, 0.1) is 0 Å². The molecule has 2 N–H and O–H groups in total. The number of alkyl carbamates (subject to hydrolysis) is 1. The first kappa shape index (κ1) is 26.2. The minimum absolute atomic E-state index is 0.0633. The van der Waals surface area contributed by atoms with Gasteiger partial charge >= 0.3 is 12.1 Å². The van der Waals surface area contributed by atoms with Crippen LogP contribution in [-0.4, -0.2) is 47.0 Å². The molecule has 2 amide bonds. The number of carbonyl (C=O) groups excluding carboxylic acids is 3. The Balaban J connectivity index is 1.38. The maximum absolute atomic E-state index is 14.2. The molecule has 0 spiro atoms. The highest BCUT2D eigenvalue weighted by Gasteiger charge is 2.45. The predicted molar refractivity (Wildman–Crippen MR) is 152 cm³/mol. The zero-order chi connectivity index (χ0) is 28.5. The summed E-state index contributed by atoms with van der Waals surface area (Å²) in [6.07, 6.45) is 1.13. The zero-order valence-electron chi connectivity index (χ0n) is 22.6. The van der Waals surface area contributed by atoms with Crippen LogP contribution >= 0.6 is 0 Å². The van der Waals surface area contributed by atoms with Gasteiger partial charge in [-0.15, -0.1) is 0 Å². The minimum Gasteiger partial charge on any atom is -0.467 e. The van der Waals surface area contributed by atoms with E-state index in [0.29, 0.717) is 5.58 Å². The van der Waals surface area contributed by atoms with E-state index in [4.69, 9.17) is 13.9 Å². The van der Waals surface area contributed by atoms with Gasteiger partial charge in [-0.3, -0.25) is 4.79 Å².